The first-order valence-electron chi connectivity index (χ1n) is 10.2. The first-order chi connectivity index (χ1) is 13.1. The van der Waals surface area contributed by atoms with Crippen LogP contribution in [0.5, 0.6) is 0 Å². The summed E-state index contributed by atoms with van der Waals surface area (Å²) in [6.07, 6.45) is 10.2. The van der Waals surface area contributed by atoms with Crippen molar-refractivity contribution in [2.75, 3.05) is 13.1 Å². The summed E-state index contributed by atoms with van der Waals surface area (Å²) in [7, 11) is 0. The molecule has 1 aliphatic heterocycles. The number of benzene rings is 1. The summed E-state index contributed by atoms with van der Waals surface area (Å²) >= 11 is 0. The number of hydrogen-bond acceptors (Lipinski definition) is 2. The van der Waals surface area contributed by atoms with Gasteiger partial charge in [0.25, 0.3) is 0 Å². The van der Waals surface area contributed by atoms with Gasteiger partial charge in [0.05, 0.1) is 11.4 Å². The van der Waals surface area contributed by atoms with E-state index in [9.17, 15) is 4.79 Å². The van der Waals surface area contributed by atoms with Crippen LogP contribution in [0.4, 0.5) is 0 Å². The molecule has 1 aromatic carbocycles. The van der Waals surface area contributed by atoms with Gasteiger partial charge in [0.1, 0.15) is 0 Å². The maximum Gasteiger partial charge on any atom is 0.246 e. The van der Waals surface area contributed by atoms with Crippen molar-refractivity contribution in [2.24, 2.45) is 11.8 Å². The van der Waals surface area contributed by atoms with E-state index < -0.39 is 0 Å². The predicted molar refractivity (Wildman–Crippen MR) is 109 cm³/mol. The van der Waals surface area contributed by atoms with Gasteiger partial charge in [0, 0.05) is 30.4 Å². The minimum atomic E-state index is 0.144. The monoisotopic (exact) mass is 363 g/mol. The molecule has 1 saturated carbocycles. The van der Waals surface area contributed by atoms with Crippen LogP contribution in [0.2, 0.25) is 0 Å². The van der Waals surface area contributed by atoms with Gasteiger partial charge in [-0.15, -0.1) is 0 Å². The van der Waals surface area contributed by atoms with Crippen molar-refractivity contribution in [3.05, 3.63) is 53.4 Å². The van der Waals surface area contributed by atoms with Gasteiger partial charge in [-0.2, -0.15) is 5.10 Å². The van der Waals surface area contributed by atoms with Crippen molar-refractivity contribution in [3.63, 3.8) is 0 Å². The first-order valence-corrected chi connectivity index (χ1v) is 10.2. The van der Waals surface area contributed by atoms with Gasteiger partial charge < -0.3 is 4.90 Å². The van der Waals surface area contributed by atoms with Gasteiger partial charge in [-0.05, 0) is 56.7 Å². The Hall–Kier alpha value is -2.36. The highest BCUT2D eigenvalue weighted by atomic mass is 16.2. The number of para-hydroxylation sites is 1. The molecular formula is C23H29N3O. The molecule has 1 aromatic heterocycles. The quantitative estimate of drug-likeness (QED) is 0.751. The van der Waals surface area contributed by atoms with Crippen molar-refractivity contribution in [1.29, 1.82) is 0 Å². The topological polar surface area (TPSA) is 38.1 Å². The number of carbonyl (C=O) groups is 1. The second-order valence-corrected chi connectivity index (χ2v) is 8.04. The van der Waals surface area contributed by atoms with Crippen molar-refractivity contribution in [3.8, 4) is 5.69 Å². The Morgan fingerprint density at radius 2 is 1.81 bits per heavy atom. The average Bonchev–Trinajstić information content (AvgIpc) is 3.00. The fraction of sp³-hybridized carbons (Fsp3) is 0.478. The van der Waals surface area contributed by atoms with Crippen LogP contribution in [0.15, 0.2) is 36.4 Å². The maximum atomic E-state index is 12.8. The molecule has 2 fully saturated rings. The number of rotatable bonds is 3. The summed E-state index contributed by atoms with van der Waals surface area (Å²) in [5, 5.41) is 4.67. The van der Waals surface area contributed by atoms with Gasteiger partial charge in [-0.25, -0.2) is 4.68 Å². The molecule has 0 bridgehead atoms. The minimum Gasteiger partial charge on any atom is -0.339 e. The highest BCUT2D eigenvalue weighted by Crippen LogP contribution is 2.36. The van der Waals surface area contributed by atoms with E-state index >= 15 is 0 Å². The average molecular weight is 364 g/mol. The van der Waals surface area contributed by atoms with Crippen LogP contribution in [0.25, 0.3) is 11.8 Å². The van der Waals surface area contributed by atoms with Crippen LogP contribution in [0.3, 0.4) is 0 Å². The van der Waals surface area contributed by atoms with E-state index in [1.165, 1.54) is 32.1 Å². The van der Waals surface area contributed by atoms with Crippen LogP contribution in [0.1, 0.15) is 49.1 Å². The van der Waals surface area contributed by atoms with Crippen molar-refractivity contribution in [1.82, 2.24) is 14.7 Å². The molecule has 27 heavy (non-hydrogen) atoms. The SMILES string of the molecule is Cc1nn(-c2ccccc2)c(C)c1/C=C/C(=O)N1CC[C@H]2CCCC[C@@H]2C1. The molecule has 4 nitrogen and oxygen atoms in total. The number of piperidine rings is 1. The van der Waals surface area contributed by atoms with Gasteiger partial charge in [-0.3, -0.25) is 4.79 Å². The van der Waals surface area contributed by atoms with E-state index in [2.05, 4.69) is 16.9 Å². The van der Waals surface area contributed by atoms with Crippen molar-refractivity contribution in [2.45, 2.75) is 46.0 Å². The van der Waals surface area contributed by atoms with E-state index in [0.717, 1.165) is 41.6 Å². The standard InChI is InChI=1S/C23H29N3O/c1-17-22(18(2)26(24-17)21-10-4-3-5-11-21)12-13-23(27)25-15-14-19-8-6-7-9-20(19)16-25/h3-5,10-13,19-20H,6-9,14-16H2,1-2H3/b13-12+/t19-,20-/m1/s1. The first kappa shape index (κ1) is 18.0. The zero-order chi connectivity index (χ0) is 18.8. The molecule has 1 amide bonds. The van der Waals surface area contributed by atoms with Crippen molar-refractivity contribution >= 4 is 12.0 Å². The van der Waals surface area contributed by atoms with E-state index in [4.69, 9.17) is 0 Å². The largest absolute Gasteiger partial charge is 0.339 e. The third-order valence-electron chi connectivity index (χ3n) is 6.34. The Kier molecular flexibility index (Phi) is 5.15. The Bertz CT molecular complexity index is 837. The molecule has 0 radical (unpaired) electrons. The van der Waals surface area contributed by atoms with Crippen molar-refractivity contribution < 1.29 is 4.79 Å². The van der Waals surface area contributed by atoms with Gasteiger partial charge in [0.2, 0.25) is 5.91 Å². The number of likely N-dealkylation sites (tertiary alicyclic amines) is 1. The molecule has 0 unspecified atom stereocenters. The molecule has 2 atom stereocenters. The number of nitrogens with zero attached hydrogens (tertiary/aromatic N) is 3. The van der Waals surface area contributed by atoms with Crippen LogP contribution in [0, 0.1) is 25.7 Å². The van der Waals surface area contributed by atoms with Crippen LogP contribution in [-0.2, 0) is 4.79 Å². The lowest BCUT2D eigenvalue weighted by Crippen LogP contribution is -2.44. The van der Waals surface area contributed by atoms with Gasteiger partial charge in [-0.1, -0.05) is 37.5 Å². The van der Waals surface area contributed by atoms with Gasteiger partial charge in [0.15, 0.2) is 0 Å². The number of aromatic nitrogens is 2. The maximum absolute atomic E-state index is 12.8. The summed E-state index contributed by atoms with van der Waals surface area (Å²) in [4.78, 5) is 14.8. The Labute approximate surface area is 161 Å². The molecule has 142 valence electrons. The molecular weight excluding hydrogens is 334 g/mol. The Balaban J connectivity index is 1.48. The Morgan fingerprint density at radius 3 is 2.59 bits per heavy atom. The zero-order valence-corrected chi connectivity index (χ0v) is 16.4. The second-order valence-electron chi connectivity index (χ2n) is 8.04. The predicted octanol–water partition coefficient (Wildman–Crippen LogP) is 4.54. The highest BCUT2D eigenvalue weighted by molar-refractivity contribution is 5.92. The highest BCUT2D eigenvalue weighted by Gasteiger charge is 2.32. The minimum absolute atomic E-state index is 0.144. The Morgan fingerprint density at radius 1 is 1.07 bits per heavy atom. The summed E-state index contributed by atoms with van der Waals surface area (Å²) < 4.78 is 1.95. The second kappa shape index (κ2) is 7.71. The fourth-order valence-electron chi connectivity index (χ4n) is 4.78. The number of fused-ring (bicyclic) bond motifs is 1. The molecule has 2 aromatic rings. The van der Waals surface area contributed by atoms with E-state index in [0.29, 0.717) is 5.92 Å². The lowest BCUT2D eigenvalue weighted by molar-refractivity contribution is -0.128. The number of carbonyl (C=O) groups excluding carboxylic acids is 1. The van der Waals surface area contributed by atoms with Gasteiger partial charge >= 0.3 is 0 Å². The lowest BCUT2D eigenvalue weighted by atomic mass is 9.75. The normalized spacial score (nSPS) is 22.8. The zero-order valence-electron chi connectivity index (χ0n) is 16.4. The summed E-state index contributed by atoms with van der Waals surface area (Å²) in [6.45, 7) is 5.91. The fourth-order valence-corrected chi connectivity index (χ4v) is 4.78. The lowest BCUT2D eigenvalue weighted by Gasteiger charge is -2.41. The molecule has 1 saturated heterocycles. The van der Waals surface area contributed by atoms with Crippen LogP contribution >= 0.6 is 0 Å². The molecule has 4 rings (SSSR count). The summed E-state index contributed by atoms with van der Waals surface area (Å²) in [6, 6.07) is 10.1. The summed E-state index contributed by atoms with van der Waals surface area (Å²) in [5.74, 6) is 1.71. The molecule has 1 aliphatic carbocycles. The third-order valence-corrected chi connectivity index (χ3v) is 6.34. The van der Waals surface area contributed by atoms with E-state index in [1.807, 2.05) is 48.0 Å². The van der Waals surface area contributed by atoms with Crippen LogP contribution < -0.4 is 0 Å². The molecule has 2 aliphatic rings. The smallest absolute Gasteiger partial charge is 0.246 e. The number of hydrogen-bond donors (Lipinski definition) is 0. The molecule has 0 N–H and O–H groups in total. The molecule has 2 heterocycles. The summed E-state index contributed by atoms with van der Waals surface area (Å²) in [5.41, 5.74) is 4.10. The number of aryl methyl sites for hydroxylation is 1. The third kappa shape index (κ3) is 3.71. The van der Waals surface area contributed by atoms with E-state index in [1.54, 1.807) is 6.08 Å². The van der Waals surface area contributed by atoms with E-state index in [-0.39, 0.29) is 5.91 Å². The molecule has 4 heteroatoms. The van der Waals surface area contributed by atoms with Crippen LogP contribution in [-0.4, -0.2) is 33.7 Å². The number of amides is 1. The molecule has 0 spiro atoms.